The van der Waals surface area contributed by atoms with Crippen LogP contribution < -0.4 is 0 Å². The molecule has 0 radical (unpaired) electrons. The van der Waals surface area contributed by atoms with Gasteiger partial charge in [0, 0.05) is 0 Å². The first-order valence-electron chi connectivity index (χ1n) is 3.53. The van der Waals surface area contributed by atoms with Gasteiger partial charge in [-0.2, -0.15) is 19.6 Å². The van der Waals surface area contributed by atoms with Gasteiger partial charge in [0.15, 0.2) is 12.1 Å². The fraction of sp³-hybridized carbons (Fsp3) is 0.571. The van der Waals surface area contributed by atoms with E-state index in [0.29, 0.717) is 13.2 Å². The molecule has 0 fully saturated rings. The number of hydrogen-bond donors (Lipinski definition) is 0. The minimum absolute atomic E-state index is 0.0219. The monoisotopic (exact) mass is 185 g/mol. The molecule has 0 aliphatic heterocycles. The van der Waals surface area contributed by atoms with E-state index in [1.165, 1.54) is 0 Å². The highest BCUT2D eigenvalue weighted by Crippen LogP contribution is 2.27. The molecule has 0 aliphatic rings. The van der Waals surface area contributed by atoms with E-state index >= 15 is 0 Å². The molecule has 0 unspecified atom stereocenters. The highest BCUT2D eigenvalue weighted by molar-refractivity contribution is 7.50. The second kappa shape index (κ2) is 6.76. The molecule has 0 N–H and O–H groups in total. The lowest BCUT2D eigenvalue weighted by Crippen LogP contribution is -1.94. The van der Waals surface area contributed by atoms with Crippen LogP contribution in [0.4, 0.5) is 0 Å². The third-order valence-electron chi connectivity index (χ3n) is 0.887. The van der Waals surface area contributed by atoms with Crippen molar-refractivity contribution in [3.8, 4) is 12.1 Å². The van der Waals surface area contributed by atoms with Crippen LogP contribution in [0.3, 0.4) is 0 Å². The van der Waals surface area contributed by atoms with Gasteiger partial charge in [-0.3, -0.25) is 0 Å². The average Bonchev–Trinajstić information content (AvgIpc) is 2.07. The van der Waals surface area contributed by atoms with Crippen LogP contribution in [0, 0.1) is 22.7 Å². The maximum absolute atomic E-state index is 8.50. The molecule has 0 amide bonds. The van der Waals surface area contributed by atoms with Crippen molar-refractivity contribution >= 4 is 13.3 Å². The number of nitriles is 2. The highest BCUT2D eigenvalue weighted by Gasteiger charge is 2.22. The summed E-state index contributed by atoms with van der Waals surface area (Å²) < 4.78 is 10.2. The van der Waals surface area contributed by atoms with Crippen LogP contribution >= 0.6 is 8.00 Å². The summed E-state index contributed by atoms with van der Waals surface area (Å²) in [5.41, 5.74) is 0. The molecule has 5 heteroatoms. The van der Waals surface area contributed by atoms with Gasteiger partial charge in [-0.05, 0) is 13.8 Å². The minimum Gasteiger partial charge on any atom is -0.187 e. The maximum atomic E-state index is 8.50. The Bertz CT molecular complexity index is 225. The molecule has 0 saturated heterocycles. The Morgan fingerprint density at radius 2 is 1.58 bits per heavy atom. The van der Waals surface area contributed by atoms with Crippen LogP contribution in [0.5, 0.6) is 0 Å². The maximum Gasteiger partial charge on any atom is 0.462 e. The SMILES string of the molecule is CCO[P+](OCC)=C(C#N)C#N. The lowest BCUT2D eigenvalue weighted by molar-refractivity contribution is 0.284. The second-order valence-electron chi connectivity index (χ2n) is 1.66. The average molecular weight is 185 g/mol. The van der Waals surface area contributed by atoms with E-state index < -0.39 is 8.00 Å². The second-order valence-corrected chi connectivity index (χ2v) is 3.14. The van der Waals surface area contributed by atoms with Crippen LogP contribution in [0.2, 0.25) is 0 Å². The van der Waals surface area contributed by atoms with E-state index in [-0.39, 0.29) is 5.29 Å². The molecule has 0 aromatic rings. The Labute approximate surface area is 72.9 Å². The zero-order valence-electron chi connectivity index (χ0n) is 7.07. The summed E-state index contributed by atoms with van der Waals surface area (Å²) in [5, 5.41) is 17.0. The Balaban J connectivity index is 4.57. The van der Waals surface area contributed by atoms with Gasteiger partial charge in [0.1, 0.15) is 0 Å². The normalized spacial score (nSPS) is 8.33. The van der Waals surface area contributed by atoms with E-state index in [0.717, 1.165) is 0 Å². The number of nitrogens with zero attached hydrogens (tertiary/aromatic N) is 2. The van der Waals surface area contributed by atoms with Gasteiger partial charge in [0.2, 0.25) is 0 Å². The van der Waals surface area contributed by atoms with Crippen molar-refractivity contribution in [2.24, 2.45) is 0 Å². The van der Waals surface area contributed by atoms with Crippen molar-refractivity contribution < 1.29 is 9.05 Å². The Hall–Kier alpha value is -0.930. The lowest BCUT2D eigenvalue weighted by Gasteiger charge is -1.88. The molecule has 0 saturated carbocycles. The molecule has 0 heterocycles. The van der Waals surface area contributed by atoms with Crippen LogP contribution in [0.25, 0.3) is 0 Å². The molecular formula is C7H10N2O2P+. The zero-order valence-corrected chi connectivity index (χ0v) is 7.97. The van der Waals surface area contributed by atoms with Gasteiger partial charge in [-0.15, -0.1) is 0 Å². The minimum atomic E-state index is -1.43. The van der Waals surface area contributed by atoms with Crippen LogP contribution in [0.15, 0.2) is 0 Å². The standard InChI is InChI=1S/C7H10N2O2P/c1-3-10-12(11-4-2)7(5-8)6-9/h3-4H2,1-2H3/q+1. The van der Waals surface area contributed by atoms with Gasteiger partial charge in [0.05, 0.1) is 13.2 Å². The summed E-state index contributed by atoms with van der Waals surface area (Å²) in [5.74, 6) is 0. The van der Waals surface area contributed by atoms with Crippen molar-refractivity contribution in [3.05, 3.63) is 0 Å². The molecule has 0 bridgehead atoms. The van der Waals surface area contributed by atoms with Crippen molar-refractivity contribution in [3.63, 3.8) is 0 Å². The molecule has 0 atom stereocenters. The largest absolute Gasteiger partial charge is 0.462 e. The van der Waals surface area contributed by atoms with Crippen molar-refractivity contribution in [1.29, 1.82) is 10.5 Å². The van der Waals surface area contributed by atoms with Crippen LogP contribution in [0.1, 0.15) is 13.8 Å². The Morgan fingerprint density at radius 3 is 1.83 bits per heavy atom. The summed E-state index contributed by atoms with van der Waals surface area (Å²) in [6.45, 7) is 4.47. The van der Waals surface area contributed by atoms with Gasteiger partial charge >= 0.3 is 13.3 Å². The van der Waals surface area contributed by atoms with Crippen molar-refractivity contribution in [1.82, 2.24) is 0 Å². The van der Waals surface area contributed by atoms with E-state index in [4.69, 9.17) is 19.6 Å². The van der Waals surface area contributed by atoms with E-state index in [2.05, 4.69) is 0 Å². The first-order chi connectivity index (χ1) is 5.79. The third kappa shape index (κ3) is 3.46. The summed E-state index contributed by atoms with van der Waals surface area (Å²) in [6, 6.07) is 3.51. The van der Waals surface area contributed by atoms with E-state index in [9.17, 15) is 0 Å². The first kappa shape index (κ1) is 11.1. The molecular weight excluding hydrogens is 175 g/mol. The van der Waals surface area contributed by atoms with Gasteiger partial charge in [-0.25, -0.2) is 0 Å². The molecule has 4 nitrogen and oxygen atoms in total. The highest BCUT2D eigenvalue weighted by atomic mass is 31.1. The summed E-state index contributed by atoms with van der Waals surface area (Å²) in [6.07, 6.45) is 0. The molecule has 0 aromatic heterocycles. The predicted molar refractivity (Wildman–Crippen MR) is 46.4 cm³/mol. The van der Waals surface area contributed by atoms with Crippen LogP contribution in [-0.4, -0.2) is 18.5 Å². The van der Waals surface area contributed by atoms with Crippen LogP contribution in [-0.2, 0) is 9.05 Å². The third-order valence-corrected chi connectivity index (χ3v) is 2.44. The molecule has 0 rings (SSSR count). The fourth-order valence-electron chi connectivity index (χ4n) is 0.508. The van der Waals surface area contributed by atoms with E-state index in [1.54, 1.807) is 26.0 Å². The Morgan fingerprint density at radius 1 is 1.17 bits per heavy atom. The summed E-state index contributed by atoms with van der Waals surface area (Å²) in [7, 11) is -1.43. The zero-order chi connectivity index (χ0) is 9.40. The molecule has 64 valence electrons. The molecule has 0 spiro atoms. The molecule has 0 aliphatic carbocycles. The number of rotatable bonds is 4. The van der Waals surface area contributed by atoms with Crippen molar-refractivity contribution in [2.75, 3.05) is 13.2 Å². The van der Waals surface area contributed by atoms with Gasteiger partial charge < -0.3 is 0 Å². The quantitative estimate of drug-likeness (QED) is 0.623. The summed E-state index contributed by atoms with van der Waals surface area (Å²) >= 11 is 0. The number of hydrogen-bond acceptors (Lipinski definition) is 4. The lowest BCUT2D eigenvalue weighted by atomic mass is 10.5. The van der Waals surface area contributed by atoms with Gasteiger partial charge in [0.25, 0.3) is 0 Å². The van der Waals surface area contributed by atoms with Crippen molar-refractivity contribution in [2.45, 2.75) is 13.8 Å². The fourth-order valence-corrected chi connectivity index (χ4v) is 1.47. The predicted octanol–water partition coefficient (Wildman–Crippen LogP) is 1.59. The van der Waals surface area contributed by atoms with Gasteiger partial charge in [-0.1, -0.05) is 0 Å². The first-order valence-corrected chi connectivity index (χ1v) is 4.71. The smallest absolute Gasteiger partial charge is 0.187 e. The topological polar surface area (TPSA) is 66.0 Å². The molecule has 0 aromatic carbocycles. The van der Waals surface area contributed by atoms with E-state index in [1.807, 2.05) is 0 Å². The summed E-state index contributed by atoms with van der Waals surface area (Å²) in [4.78, 5) is 0. The molecule has 12 heavy (non-hydrogen) atoms. The Kier molecular flexibility index (Phi) is 6.24.